The summed E-state index contributed by atoms with van der Waals surface area (Å²) in [6.07, 6.45) is 0. The highest BCUT2D eigenvalue weighted by Crippen LogP contribution is 2.28. The van der Waals surface area contributed by atoms with Gasteiger partial charge in [-0.3, -0.25) is 4.79 Å². The molecule has 0 atom stereocenters. The fourth-order valence-corrected chi connectivity index (χ4v) is 3.81. The molecule has 3 aromatic rings. The Balaban J connectivity index is 1.95. The van der Waals surface area contributed by atoms with Crippen molar-refractivity contribution in [3.8, 4) is 17.2 Å². The van der Waals surface area contributed by atoms with E-state index in [1.807, 2.05) is 48.5 Å². The van der Waals surface area contributed by atoms with Gasteiger partial charge >= 0.3 is 0 Å². The minimum atomic E-state index is -0.0899. The van der Waals surface area contributed by atoms with Crippen LogP contribution in [0.1, 0.15) is 20.8 Å². The molecule has 0 bridgehead atoms. The molecule has 1 aromatic heterocycles. The predicted octanol–water partition coefficient (Wildman–Crippen LogP) is 5.21. The van der Waals surface area contributed by atoms with Gasteiger partial charge in [0.15, 0.2) is 0 Å². The molecular formula is C20H15ClN2OS. The summed E-state index contributed by atoms with van der Waals surface area (Å²) in [6, 6.07) is 20.6. The summed E-state index contributed by atoms with van der Waals surface area (Å²) >= 11 is 7.43. The quantitative estimate of drug-likeness (QED) is 0.636. The summed E-state index contributed by atoms with van der Waals surface area (Å²) in [7, 11) is 1.77. The number of carbonyl (C=O) groups excluding carboxylic acids is 1. The van der Waals surface area contributed by atoms with Gasteiger partial charge in [-0.05, 0) is 29.8 Å². The molecule has 0 aliphatic rings. The molecule has 1 amide bonds. The third-order valence-corrected chi connectivity index (χ3v) is 5.08. The molecule has 0 saturated carbocycles. The first-order chi connectivity index (χ1) is 12.1. The molecule has 1 heterocycles. The first kappa shape index (κ1) is 17.2. The molecule has 0 radical (unpaired) electrons. The zero-order valence-corrected chi connectivity index (χ0v) is 15.1. The van der Waals surface area contributed by atoms with Gasteiger partial charge in [0, 0.05) is 23.1 Å². The summed E-state index contributed by atoms with van der Waals surface area (Å²) in [6.45, 7) is 0.491. The summed E-state index contributed by atoms with van der Waals surface area (Å²) in [4.78, 5) is 15.7. The number of halogens is 1. The Hall–Kier alpha value is -2.61. The van der Waals surface area contributed by atoms with Crippen molar-refractivity contribution in [2.75, 3.05) is 7.05 Å². The molecule has 5 heteroatoms. The van der Waals surface area contributed by atoms with Gasteiger partial charge < -0.3 is 4.90 Å². The normalized spacial score (nSPS) is 10.3. The number of thiophene rings is 1. The molecule has 0 unspecified atom stereocenters. The van der Waals surface area contributed by atoms with Crippen molar-refractivity contribution < 1.29 is 4.79 Å². The van der Waals surface area contributed by atoms with E-state index in [9.17, 15) is 10.1 Å². The van der Waals surface area contributed by atoms with Crippen LogP contribution in [0.3, 0.4) is 0 Å². The van der Waals surface area contributed by atoms with Gasteiger partial charge in [-0.2, -0.15) is 5.26 Å². The molecule has 0 spiro atoms. The minimum Gasteiger partial charge on any atom is -0.337 e. The first-order valence-electron chi connectivity index (χ1n) is 7.68. The second kappa shape index (κ2) is 7.52. The fraction of sp³-hybridized carbons (Fsp3) is 0.100. The molecular weight excluding hydrogens is 352 g/mol. The standard InChI is InChI=1S/C20H15ClN2OS/c1-23(13-15-10-11-19(21)25-15)20(24)18-9-5-4-8-17(18)16-7-3-2-6-14(16)12-22/h2-11H,13H2,1H3. The van der Waals surface area contributed by atoms with E-state index in [0.717, 1.165) is 16.0 Å². The number of amides is 1. The SMILES string of the molecule is CN(Cc1ccc(Cl)s1)C(=O)c1ccccc1-c1ccccc1C#N. The van der Waals surface area contributed by atoms with E-state index in [1.54, 1.807) is 24.1 Å². The van der Waals surface area contributed by atoms with Gasteiger partial charge in [-0.25, -0.2) is 0 Å². The zero-order valence-electron chi connectivity index (χ0n) is 13.6. The minimum absolute atomic E-state index is 0.0899. The first-order valence-corrected chi connectivity index (χ1v) is 8.88. The van der Waals surface area contributed by atoms with Crippen LogP contribution in [-0.4, -0.2) is 17.9 Å². The lowest BCUT2D eigenvalue weighted by atomic mass is 9.95. The van der Waals surface area contributed by atoms with Crippen LogP contribution >= 0.6 is 22.9 Å². The monoisotopic (exact) mass is 366 g/mol. The molecule has 0 aliphatic heterocycles. The largest absolute Gasteiger partial charge is 0.337 e. The highest BCUT2D eigenvalue weighted by Gasteiger charge is 2.18. The average molecular weight is 367 g/mol. The van der Waals surface area contributed by atoms with E-state index in [1.165, 1.54) is 11.3 Å². The van der Waals surface area contributed by atoms with Crippen LogP contribution in [0.25, 0.3) is 11.1 Å². The number of rotatable bonds is 4. The Morgan fingerprint density at radius 3 is 2.44 bits per heavy atom. The third kappa shape index (κ3) is 3.74. The molecule has 2 aromatic carbocycles. The molecule has 3 nitrogen and oxygen atoms in total. The van der Waals surface area contributed by atoms with Crippen LogP contribution in [0.5, 0.6) is 0 Å². The van der Waals surface area contributed by atoms with Crippen molar-refractivity contribution in [2.24, 2.45) is 0 Å². The number of nitrogens with zero attached hydrogens (tertiary/aromatic N) is 2. The lowest BCUT2D eigenvalue weighted by Crippen LogP contribution is -2.26. The number of hydrogen-bond acceptors (Lipinski definition) is 3. The topological polar surface area (TPSA) is 44.1 Å². The van der Waals surface area contributed by atoms with Crippen molar-refractivity contribution >= 4 is 28.8 Å². The van der Waals surface area contributed by atoms with Crippen LogP contribution < -0.4 is 0 Å². The van der Waals surface area contributed by atoms with Gasteiger partial charge in [-0.1, -0.05) is 48.0 Å². The fourth-order valence-electron chi connectivity index (χ4n) is 2.67. The Morgan fingerprint density at radius 2 is 1.76 bits per heavy atom. The second-order valence-electron chi connectivity index (χ2n) is 5.57. The molecule has 0 fully saturated rings. The Labute approximate surface area is 155 Å². The second-order valence-corrected chi connectivity index (χ2v) is 7.37. The lowest BCUT2D eigenvalue weighted by Gasteiger charge is -2.19. The molecule has 3 rings (SSSR count). The van der Waals surface area contributed by atoms with Crippen LogP contribution in [0, 0.1) is 11.3 Å². The van der Waals surface area contributed by atoms with Crippen molar-refractivity contribution in [3.63, 3.8) is 0 Å². The number of hydrogen-bond donors (Lipinski definition) is 0. The molecule has 0 saturated heterocycles. The maximum absolute atomic E-state index is 13.0. The van der Waals surface area contributed by atoms with Crippen molar-refractivity contribution in [2.45, 2.75) is 6.54 Å². The maximum atomic E-state index is 13.0. The average Bonchev–Trinajstić information content (AvgIpc) is 3.05. The molecule has 0 aliphatic carbocycles. The van der Waals surface area contributed by atoms with Crippen LogP contribution in [-0.2, 0) is 6.54 Å². The maximum Gasteiger partial charge on any atom is 0.254 e. The smallest absolute Gasteiger partial charge is 0.254 e. The highest BCUT2D eigenvalue weighted by molar-refractivity contribution is 7.16. The van der Waals surface area contributed by atoms with Crippen LogP contribution in [0.2, 0.25) is 4.34 Å². The number of carbonyl (C=O) groups is 1. The summed E-state index contributed by atoms with van der Waals surface area (Å²) < 4.78 is 0.708. The van der Waals surface area contributed by atoms with Gasteiger partial charge in [0.1, 0.15) is 0 Å². The molecule has 124 valence electrons. The summed E-state index contributed by atoms with van der Waals surface area (Å²) in [5.74, 6) is -0.0899. The van der Waals surface area contributed by atoms with E-state index >= 15 is 0 Å². The number of nitriles is 1. The highest BCUT2D eigenvalue weighted by atomic mass is 35.5. The third-order valence-electron chi connectivity index (χ3n) is 3.86. The zero-order chi connectivity index (χ0) is 17.8. The van der Waals surface area contributed by atoms with E-state index in [0.29, 0.717) is 22.0 Å². The van der Waals surface area contributed by atoms with E-state index < -0.39 is 0 Å². The van der Waals surface area contributed by atoms with Crippen LogP contribution in [0.15, 0.2) is 60.7 Å². The number of benzene rings is 2. The molecule has 25 heavy (non-hydrogen) atoms. The van der Waals surface area contributed by atoms with E-state index in [2.05, 4.69) is 6.07 Å². The lowest BCUT2D eigenvalue weighted by molar-refractivity contribution is 0.0787. The Morgan fingerprint density at radius 1 is 1.08 bits per heavy atom. The van der Waals surface area contributed by atoms with Crippen LogP contribution in [0.4, 0.5) is 0 Å². The van der Waals surface area contributed by atoms with Crippen molar-refractivity contribution in [1.29, 1.82) is 5.26 Å². The van der Waals surface area contributed by atoms with Gasteiger partial charge in [-0.15, -0.1) is 11.3 Å². The predicted molar refractivity (Wildman–Crippen MR) is 102 cm³/mol. The van der Waals surface area contributed by atoms with Crippen molar-refractivity contribution in [1.82, 2.24) is 4.90 Å². The summed E-state index contributed by atoms with van der Waals surface area (Å²) in [5, 5.41) is 9.36. The summed E-state index contributed by atoms with van der Waals surface area (Å²) in [5.41, 5.74) is 2.66. The van der Waals surface area contributed by atoms with E-state index in [4.69, 9.17) is 11.6 Å². The molecule has 0 N–H and O–H groups in total. The van der Waals surface area contributed by atoms with Gasteiger partial charge in [0.2, 0.25) is 0 Å². The van der Waals surface area contributed by atoms with Gasteiger partial charge in [0.25, 0.3) is 5.91 Å². The Kier molecular flexibility index (Phi) is 5.18. The van der Waals surface area contributed by atoms with Crippen molar-refractivity contribution in [3.05, 3.63) is 81.0 Å². The Bertz CT molecular complexity index is 958. The van der Waals surface area contributed by atoms with Gasteiger partial charge in [0.05, 0.1) is 22.5 Å². The van der Waals surface area contributed by atoms with E-state index in [-0.39, 0.29) is 5.91 Å².